The SMILES string of the molecule is CCCCO[C@@](C)(Cc1ccc(OCC[C@@H]2CN(Cc3ccc(OC)cc3)C(=O)N2C)cc1)C(=O)OCC. The number of ether oxygens (including phenoxy) is 4. The van der Waals surface area contributed by atoms with Gasteiger partial charge in [0.2, 0.25) is 0 Å². The predicted octanol–water partition coefficient (Wildman–Crippen LogP) is 5.08. The predicted molar refractivity (Wildman–Crippen MR) is 147 cm³/mol. The summed E-state index contributed by atoms with van der Waals surface area (Å²) in [5.74, 6) is 1.21. The average molecular weight is 527 g/mol. The van der Waals surface area contributed by atoms with Gasteiger partial charge in [0.15, 0.2) is 5.60 Å². The number of unbranched alkanes of at least 4 members (excludes halogenated alkanes) is 1. The average Bonchev–Trinajstić information content (AvgIpc) is 3.18. The molecule has 3 rings (SSSR count). The van der Waals surface area contributed by atoms with E-state index in [4.69, 9.17) is 18.9 Å². The summed E-state index contributed by atoms with van der Waals surface area (Å²) in [6.07, 6.45) is 3.05. The molecule has 1 heterocycles. The first-order valence-corrected chi connectivity index (χ1v) is 13.5. The van der Waals surface area contributed by atoms with Crippen LogP contribution < -0.4 is 9.47 Å². The summed E-state index contributed by atoms with van der Waals surface area (Å²) in [5, 5.41) is 0. The summed E-state index contributed by atoms with van der Waals surface area (Å²) in [6, 6.07) is 15.6. The lowest BCUT2D eigenvalue weighted by molar-refractivity contribution is -0.170. The first-order valence-electron chi connectivity index (χ1n) is 13.5. The number of esters is 1. The second-order valence-electron chi connectivity index (χ2n) is 9.89. The van der Waals surface area contributed by atoms with Crippen LogP contribution in [0.25, 0.3) is 0 Å². The highest BCUT2D eigenvalue weighted by Gasteiger charge is 2.36. The number of carbonyl (C=O) groups is 2. The van der Waals surface area contributed by atoms with Crippen molar-refractivity contribution < 1.29 is 28.5 Å². The molecule has 2 atom stereocenters. The van der Waals surface area contributed by atoms with E-state index in [-0.39, 0.29) is 18.0 Å². The number of carbonyl (C=O) groups excluding carboxylic acids is 2. The Morgan fingerprint density at radius 2 is 1.66 bits per heavy atom. The molecule has 2 amide bonds. The Morgan fingerprint density at radius 3 is 2.29 bits per heavy atom. The highest BCUT2D eigenvalue weighted by atomic mass is 16.6. The largest absolute Gasteiger partial charge is 0.497 e. The number of methoxy groups -OCH3 is 1. The van der Waals surface area contributed by atoms with Crippen molar-refractivity contribution in [3.63, 3.8) is 0 Å². The summed E-state index contributed by atoms with van der Waals surface area (Å²) in [4.78, 5) is 29.0. The number of likely N-dealkylation sites (N-methyl/N-ethyl adjacent to an activating group) is 1. The molecule has 208 valence electrons. The van der Waals surface area contributed by atoms with E-state index in [1.807, 2.05) is 60.5 Å². The second-order valence-corrected chi connectivity index (χ2v) is 9.89. The smallest absolute Gasteiger partial charge is 0.338 e. The number of nitrogens with zero attached hydrogens (tertiary/aromatic N) is 2. The highest BCUT2D eigenvalue weighted by molar-refractivity contribution is 5.79. The molecule has 0 saturated carbocycles. The third-order valence-corrected chi connectivity index (χ3v) is 6.89. The van der Waals surface area contributed by atoms with Gasteiger partial charge < -0.3 is 28.7 Å². The van der Waals surface area contributed by atoms with Crippen molar-refractivity contribution in [3.8, 4) is 11.5 Å². The zero-order valence-corrected chi connectivity index (χ0v) is 23.4. The van der Waals surface area contributed by atoms with Crippen LogP contribution in [0.3, 0.4) is 0 Å². The first kappa shape index (κ1) is 29.3. The molecule has 0 aliphatic carbocycles. The molecule has 8 nitrogen and oxygen atoms in total. The quantitative estimate of drug-likeness (QED) is 0.238. The number of hydrogen-bond donors (Lipinski definition) is 0. The topological polar surface area (TPSA) is 77.5 Å². The maximum absolute atomic E-state index is 12.7. The Hall–Kier alpha value is -3.26. The highest BCUT2D eigenvalue weighted by Crippen LogP contribution is 2.24. The van der Waals surface area contributed by atoms with Gasteiger partial charge in [-0.05, 0) is 55.7 Å². The molecular formula is C30H42N2O6. The Labute approximate surface area is 226 Å². The molecule has 2 aromatic rings. The summed E-state index contributed by atoms with van der Waals surface area (Å²) in [7, 11) is 3.49. The van der Waals surface area contributed by atoms with Gasteiger partial charge in [0, 0.05) is 39.6 Å². The van der Waals surface area contributed by atoms with E-state index in [0.717, 1.165) is 41.9 Å². The van der Waals surface area contributed by atoms with Crippen molar-refractivity contribution in [2.24, 2.45) is 0 Å². The molecule has 0 N–H and O–H groups in total. The van der Waals surface area contributed by atoms with E-state index < -0.39 is 5.60 Å². The second kappa shape index (κ2) is 14.0. The zero-order valence-electron chi connectivity index (χ0n) is 23.4. The number of amides is 2. The Morgan fingerprint density at radius 1 is 1.00 bits per heavy atom. The van der Waals surface area contributed by atoms with Crippen LogP contribution >= 0.6 is 0 Å². The van der Waals surface area contributed by atoms with Crippen molar-refractivity contribution in [2.45, 2.75) is 64.6 Å². The van der Waals surface area contributed by atoms with E-state index in [1.54, 1.807) is 25.9 Å². The van der Waals surface area contributed by atoms with Crippen LogP contribution in [0.2, 0.25) is 0 Å². The fourth-order valence-electron chi connectivity index (χ4n) is 4.52. The summed E-state index contributed by atoms with van der Waals surface area (Å²) >= 11 is 0. The zero-order chi connectivity index (χ0) is 27.5. The van der Waals surface area contributed by atoms with Crippen LogP contribution in [0.4, 0.5) is 4.79 Å². The molecule has 0 aromatic heterocycles. The van der Waals surface area contributed by atoms with Crippen molar-refractivity contribution in [3.05, 3.63) is 59.7 Å². The van der Waals surface area contributed by atoms with E-state index in [0.29, 0.717) is 39.3 Å². The van der Waals surface area contributed by atoms with Crippen molar-refractivity contribution in [1.29, 1.82) is 0 Å². The molecule has 0 radical (unpaired) electrons. The molecule has 1 aliphatic rings. The summed E-state index contributed by atoms with van der Waals surface area (Å²) < 4.78 is 22.4. The molecule has 1 aliphatic heterocycles. The number of urea groups is 1. The van der Waals surface area contributed by atoms with Crippen molar-refractivity contribution >= 4 is 12.0 Å². The summed E-state index contributed by atoms with van der Waals surface area (Å²) in [6.45, 7) is 8.25. The number of benzene rings is 2. The van der Waals surface area contributed by atoms with Gasteiger partial charge in [-0.3, -0.25) is 0 Å². The van der Waals surface area contributed by atoms with Crippen LogP contribution in [-0.4, -0.2) is 74.0 Å². The van der Waals surface area contributed by atoms with Gasteiger partial charge in [-0.15, -0.1) is 0 Å². The van der Waals surface area contributed by atoms with Gasteiger partial charge >= 0.3 is 12.0 Å². The van der Waals surface area contributed by atoms with Crippen LogP contribution in [-0.2, 0) is 27.2 Å². The molecule has 8 heteroatoms. The molecule has 0 bridgehead atoms. The minimum absolute atomic E-state index is 0.0287. The molecule has 38 heavy (non-hydrogen) atoms. The first-order chi connectivity index (χ1) is 18.3. The number of hydrogen-bond acceptors (Lipinski definition) is 6. The van der Waals surface area contributed by atoms with Gasteiger partial charge in [0.1, 0.15) is 11.5 Å². The molecule has 1 saturated heterocycles. The van der Waals surface area contributed by atoms with E-state index in [1.165, 1.54) is 0 Å². The molecule has 1 fully saturated rings. The Kier molecular flexibility index (Phi) is 10.8. The standard InChI is InChI=1S/C30H42N2O6/c1-6-8-18-38-30(3,28(33)36-7-2)20-23-9-15-27(16-10-23)37-19-17-25-22-32(29(34)31(25)4)21-24-11-13-26(35-5)14-12-24/h9-16,25H,6-8,17-22H2,1-5H3/t25-,30+/m1/s1. The minimum atomic E-state index is -1.02. The lowest BCUT2D eigenvalue weighted by Gasteiger charge is -2.28. The Bertz CT molecular complexity index is 1030. The number of rotatable bonds is 15. The van der Waals surface area contributed by atoms with Crippen LogP contribution in [0, 0.1) is 0 Å². The van der Waals surface area contributed by atoms with Gasteiger partial charge in [0.05, 0.1) is 26.4 Å². The lowest BCUT2D eigenvalue weighted by Crippen LogP contribution is -2.42. The van der Waals surface area contributed by atoms with E-state index >= 15 is 0 Å². The summed E-state index contributed by atoms with van der Waals surface area (Å²) in [5.41, 5.74) is 1.02. The fraction of sp³-hybridized carbons (Fsp3) is 0.533. The monoisotopic (exact) mass is 526 g/mol. The lowest BCUT2D eigenvalue weighted by atomic mass is 9.96. The maximum atomic E-state index is 12.7. The molecule has 2 aromatic carbocycles. The molecular weight excluding hydrogens is 484 g/mol. The van der Waals surface area contributed by atoms with Crippen LogP contribution in [0.15, 0.2) is 48.5 Å². The molecule has 0 unspecified atom stereocenters. The third-order valence-electron chi connectivity index (χ3n) is 6.89. The van der Waals surface area contributed by atoms with E-state index in [9.17, 15) is 9.59 Å². The fourth-order valence-corrected chi connectivity index (χ4v) is 4.52. The minimum Gasteiger partial charge on any atom is -0.497 e. The van der Waals surface area contributed by atoms with Gasteiger partial charge in [0.25, 0.3) is 0 Å². The molecule has 0 spiro atoms. The van der Waals surface area contributed by atoms with Gasteiger partial charge in [-0.2, -0.15) is 0 Å². The van der Waals surface area contributed by atoms with Gasteiger partial charge in [-0.25, -0.2) is 9.59 Å². The van der Waals surface area contributed by atoms with Gasteiger partial charge in [-0.1, -0.05) is 37.6 Å². The van der Waals surface area contributed by atoms with Crippen molar-refractivity contribution in [1.82, 2.24) is 9.80 Å². The van der Waals surface area contributed by atoms with Crippen LogP contribution in [0.1, 0.15) is 51.2 Å². The van der Waals surface area contributed by atoms with Crippen LogP contribution in [0.5, 0.6) is 11.5 Å². The third kappa shape index (κ3) is 7.87. The normalized spacial score (nSPS) is 16.9. The van der Waals surface area contributed by atoms with Crippen molar-refractivity contribution in [2.75, 3.05) is 40.5 Å². The van der Waals surface area contributed by atoms with E-state index in [2.05, 4.69) is 6.92 Å². The maximum Gasteiger partial charge on any atom is 0.338 e. The Balaban J connectivity index is 1.50.